The Hall–Kier alpha value is -0.980. The van der Waals surface area contributed by atoms with Crippen molar-refractivity contribution in [3.05, 3.63) is 0 Å². The van der Waals surface area contributed by atoms with E-state index in [1.807, 2.05) is 27.7 Å². The van der Waals surface area contributed by atoms with Gasteiger partial charge in [-0.3, -0.25) is 9.59 Å². The lowest BCUT2D eigenvalue weighted by Crippen LogP contribution is -2.34. The van der Waals surface area contributed by atoms with Crippen molar-refractivity contribution in [3.63, 3.8) is 0 Å². The van der Waals surface area contributed by atoms with Crippen LogP contribution >= 0.6 is 0 Å². The second-order valence-corrected chi connectivity index (χ2v) is 7.35. The van der Waals surface area contributed by atoms with Crippen LogP contribution in [0.15, 0.2) is 0 Å². The first-order valence-corrected chi connectivity index (χ1v) is 9.41. The lowest BCUT2D eigenvalue weighted by atomic mass is 9.93. The van der Waals surface area contributed by atoms with Gasteiger partial charge < -0.3 is 20.7 Å². The van der Waals surface area contributed by atoms with Crippen LogP contribution in [0.4, 0.5) is 0 Å². The van der Waals surface area contributed by atoms with Gasteiger partial charge in [0.15, 0.2) is 0 Å². The predicted molar refractivity (Wildman–Crippen MR) is 97.9 cm³/mol. The first-order chi connectivity index (χ1) is 11.6. The molecule has 6 heteroatoms. The molecule has 0 aliphatic carbocycles. The number of hydrogen-bond acceptors (Lipinski definition) is 6. The van der Waals surface area contributed by atoms with Gasteiger partial charge >= 0.3 is 5.97 Å². The predicted octanol–water partition coefficient (Wildman–Crippen LogP) is 2.19. The monoisotopic (exact) mass is 359 g/mol. The Balaban J connectivity index is 4.57. The molecule has 1 unspecified atom stereocenters. The Labute approximate surface area is 152 Å². The first kappa shape index (κ1) is 24.0. The number of hydrogen-bond donors (Lipinski definition) is 3. The molecule has 0 fully saturated rings. The van der Waals surface area contributed by atoms with Crippen LogP contribution in [0.2, 0.25) is 0 Å². The SMILES string of the molecule is CC[C@@H](C)[C@H](CC(O)CC(C)=O)OC(=O)C[C@@H](O)C[C@H](N)[C@H](C)CC. The van der Waals surface area contributed by atoms with Crippen molar-refractivity contribution >= 4 is 11.8 Å². The standard InChI is InChI=1S/C19H37NO5/c1-6-12(3)17(20)9-16(23)11-19(24)25-18(13(4)7-2)10-15(22)8-14(5)21/h12-13,15-18,22-23H,6-11,20H2,1-5H3/t12-,13-,15?,16+,17+,18+/m1/s1. The third-order valence-electron chi connectivity index (χ3n) is 4.91. The van der Waals surface area contributed by atoms with Crippen molar-refractivity contribution in [2.75, 3.05) is 0 Å². The molecule has 148 valence electrons. The van der Waals surface area contributed by atoms with Gasteiger partial charge in [0.1, 0.15) is 11.9 Å². The van der Waals surface area contributed by atoms with E-state index in [0.29, 0.717) is 6.42 Å². The molecule has 0 spiro atoms. The van der Waals surface area contributed by atoms with E-state index in [4.69, 9.17) is 10.5 Å². The van der Waals surface area contributed by atoms with Crippen molar-refractivity contribution in [1.29, 1.82) is 0 Å². The van der Waals surface area contributed by atoms with E-state index in [0.717, 1.165) is 12.8 Å². The second kappa shape index (κ2) is 12.4. The number of nitrogens with two attached hydrogens (primary N) is 1. The maximum atomic E-state index is 12.1. The number of carbonyl (C=O) groups is 2. The number of carbonyl (C=O) groups excluding carboxylic acids is 2. The summed E-state index contributed by atoms with van der Waals surface area (Å²) in [6.45, 7) is 9.39. The minimum Gasteiger partial charge on any atom is -0.462 e. The van der Waals surface area contributed by atoms with Gasteiger partial charge in [0.2, 0.25) is 0 Å². The van der Waals surface area contributed by atoms with Crippen LogP contribution in [0.1, 0.15) is 73.1 Å². The number of esters is 1. The molecule has 25 heavy (non-hydrogen) atoms. The highest BCUT2D eigenvalue weighted by atomic mass is 16.5. The maximum Gasteiger partial charge on any atom is 0.308 e. The zero-order chi connectivity index (χ0) is 19.6. The molecule has 0 aromatic rings. The summed E-state index contributed by atoms with van der Waals surface area (Å²) in [5, 5.41) is 20.0. The molecular formula is C19H37NO5. The number of rotatable bonds is 13. The highest BCUT2D eigenvalue weighted by Gasteiger charge is 2.26. The van der Waals surface area contributed by atoms with Crippen LogP contribution in [-0.2, 0) is 14.3 Å². The van der Waals surface area contributed by atoms with Gasteiger partial charge in [-0.2, -0.15) is 0 Å². The van der Waals surface area contributed by atoms with Crippen molar-refractivity contribution in [3.8, 4) is 0 Å². The molecule has 0 radical (unpaired) electrons. The van der Waals surface area contributed by atoms with Crippen LogP contribution in [0, 0.1) is 11.8 Å². The summed E-state index contributed by atoms with van der Waals surface area (Å²) in [6.07, 6.45) is 0.0887. The van der Waals surface area contributed by atoms with Gasteiger partial charge in [0.25, 0.3) is 0 Å². The largest absolute Gasteiger partial charge is 0.462 e. The van der Waals surface area contributed by atoms with E-state index >= 15 is 0 Å². The fourth-order valence-corrected chi connectivity index (χ4v) is 2.68. The van der Waals surface area contributed by atoms with Crippen LogP contribution in [0.25, 0.3) is 0 Å². The molecule has 0 aromatic carbocycles. The summed E-state index contributed by atoms with van der Waals surface area (Å²) in [6, 6.07) is -0.157. The molecule has 0 heterocycles. The lowest BCUT2D eigenvalue weighted by molar-refractivity contribution is -0.155. The smallest absolute Gasteiger partial charge is 0.308 e. The summed E-state index contributed by atoms with van der Waals surface area (Å²) in [5.41, 5.74) is 6.01. The molecule has 0 rings (SSSR count). The number of aliphatic hydroxyl groups excluding tert-OH is 2. The number of Topliss-reactive ketones (excluding diaryl/α,β-unsaturated/α-hetero) is 1. The van der Waals surface area contributed by atoms with Crippen molar-refractivity contribution in [2.24, 2.45) is 17.6 Å². The topological polar surface area (TPSA) is 110 Å². The second-order valence-electron chi connectivity index (χ2n) is 7.35. The minimum absolute atomic E-state index is 0.0524. The van der Waals surface area contributed by atoms with E-state index in [-0.39, 0.29) is 42.9 Å². The van der Waals surface area contributed by atoms with E-state index < -0.39 is 24.3 Å². The molecule has 0 aliphatic rings. The van der Waals surface area contributed by atoms with Gasteiger partial charge in [-0.25, -0.2) is 0 Å². The third kappa shape index (κ3) is 10.6. The Kier molecular flexibility index (Phi) is 11.9. The fraction of sp³-hybridized carbons (Fsp3) is 0.895. The van der Waals surface area contributed by atoms with Crippen molar-refractivity contribution in [1.82, 2.24) is 0 Å². The van der Waals surface area contributed by atoms with Crippen LogP contribution in [-0.4, -0.2) is 46.3 Å². The maximum absolute atomic E-state index is 12.1. The summed E-state index contributed by atoms with van der Waals surface area (Å²) < 4.78 is 5.48. The summed E-state index contributed by atoms with van der Waals surface area (Å²) in [5.74, 6) is -0.259. The average molecular weight is 360 g/mol. The lowest BCUT2D eigenvalue weighted by Gasteiger charge is -2.26. The molecule has 4 N–H and O–H groups in total. The molecule has 0 saturated heterocycles. The Morgan fingerprint density at radius 2 is 1.48 bits per heavy atom. The van der Waals surface area contributed by atoms with E-state index in [9.17, 15) is 19.8 Å². The zero-order valence-corrected chi connectivity index (χ0v) is 16.4. The average Bonchev–Trinajstić information content (AvgIpc) is 2.51. The summed E-state index contributed by atoms with van der Waals surface area (Å²) in [4.78, 5) is 23.2. The normalized spacial score (nSPS) is 18.7. The first-order valence-electron chi connectivity index (χ1n) is 9.41. The number of ketones is 1. The highest BCUT2D eigenvalue weighted by Crippen LogP contribution is 2.20. The summed E-state index contributed by atoms with van der Waals surface area (Å²) in [7, 11) is 0. The quantitative estimate of drug-likeness (QED) is 0.435. The molecule has 0 bridgehead atoms. The van der Waals surface area contributed by atoms with Crippen LogP contribution < -0.4 is 5.73 Å². The molecule has 0 saturated carbocycles. The molecular weight excluding hydrogens is 322 g/mol. The zero-order valence-electron chi connectivity index (χ0n) is 16.4. The van der Waals surface area contributed by atoms with Gasteiger partial charge in [-0.1, -0.05) is 40.5 Å². The Morgan fingerprint density at radius 3 is 1.96 bits per heavy atom. The number of ether oxygens (including phenoxy) is 1. The van der Waals surface area contributed by atoms with Crippen LogP contribution in [0.5, 0.6) is 0 Å². The van der Waals surface area contributed by atoms with Gasteiger partial charge in [-0.15, -0.1) is 0 Å². The van der Waals surface area contributed by atoms with Gasteiger partial charge in [0.05, 0.1) is 18.6 Å². The van der Waals surface area contributed by atoms with Crippen LogP contribution in [0.3, 0.4) is 0 Å². The number of aliphatic hydroxyl groups is 2. The van der Waals surface area contributed by atoms with Crippen molar-refractivity contribution < 1.29 is 24.5 Å². The van der Waals surface area contributed by atoms with E-state index in [1.165, 1.54) is 6.92 Å². The molecule has 0 aliphatic heterocycles. The van der Waals surface area contributed by atoms with Crippen molar-refractivity contribution in [2.45, 2.75) is 97.5 Å². The molecule has 6 atom stereocenters. The minimum atomic E-state index is -0.837. The third-order valence-corrected chi connectivity index (χ3v) is 4.91. The highest BCUT2D eigenvalue weighted by molar-refractivity contribution is 5.76. The Bertz CT molecular complexity index is 401. The fourth-order valence-electron chi connectivity index (χ4n) is 2.68. The van der Waals surface area contributed by atoms with E-state index in [1.54, 1.807) is 0 Å². The molecule has 6 nitrogen and oxygen atoms in total. The molecule has 0 amide bonds. The van der Waals surface area contributed by atoms with Gasteiger partial charge in [0, 0.05) is 18.9 Å². The van der Waals surface area contributed by atoms with Gasteiger partial charge in [-0.05, 0) is 25.2 Å². The molecule has 0 aromatic heterocycles. The summed E-state index contributed by atoms with van der Waals surface area (Å²) >= 11 is 0. The Morgan fingerprint density at radius 1 is 0.960 bits per heavy atom. The van der Waals surface area contributed by atoms with E-state index in [2.05, 4.69) is 0 Å².